The standard InChI is InChI=1S/C23H26F3N5O/c1-13-16(4-3-5-19(13)23(24,25)26)20(27)29-21-18-12-15(14-8-10-28-11-9-14)6-7-17(18)22(32-2)31-30-21/h3-7,12,14,20,28H,8-11,27H2,1-2H3,(H,29,30)/t20-/m0/s1. The Morgan fingerprint density at radius 1 is 1.12 bits per heavy atom. The molecular weight excluding hydrogens is 419 g/mol. The van der Waals surface area contributed by atoms with Crippen LogP contribution in [0.4, 0.5) is 19.0 Å². The monoisotopic (exact) mass is 445 g/mol. The van der Waals surface area contributed by atoms with Gasteiger partial charge in [-0.15, -0.1) is 10.2 Å². The van der Waals surface area contributed by atoms with Crippen molar-refractivity contribution in [1.29, 1.82) is 0 Å². The summed E-state index contributed by atoms with van der Waals surface area (Å²) in [7, 11) is 1.52. The number of anilines is 1. The molecule has 1 aliphatic heterocycles. The third-order valence-electron chi connectivity index (χ3n) is 6.08. The van der Waals surface area contributed by atoms with Crippen molar-refractivity contribution < 1.29 is 17.9 Å². The Bertz CT molecular complexity index is 1110. The minimum atomic E-state index is -4.45. The van der Waals surface area contributed by atoms with E-state index in [0.717, 1.165) is 42.8 Å². The van der Waals surface area contributed by atoms with E-state index < -0.39 is 17.9 Å². The van der Waals surface area contributed by atoms with Crippen molar-refractivity contribution in [2.45, 2.75) is 38.0 Å². The molecule has 0 saturated carbocycles. The topological polar surface area (TPSA) is 85.1 Å². The molecule has 0 unspecified atom stereocenters. The summed E-state index contributed by atoms with van der Waals surface area (Å²) in [6.45, 7) is 3.35. The highest BCUT2D eigenvalue weighted by Crippen LogP contribution is 2.36. The number of halogens is 3. The van der Waals surface area contributed by atoms with Crippen LogP contribution in [0.2, 0.25) is 0 Å². The third-order valence-corrected chi connectivity index (χ3v) is 6.08. The molecule has 6 nitrogen and oxygen atoms in total. The predicted octanol–water partition coefficient (Wildman–Crippen LogP) is 4.50. The number of piperidine rings is 1. The van der Waals surface area contributed by atoms with E-state index >= 15 is 0 Å². The number of nitrogens with two attached hydrogens (primary N) is 1. The number of nitrogens with zero attached hydrogens (tertiary/aromatic N) is 2. The summed E-state index contributed by atoms with van der Waals surface area (Å²) in [5.41, 5.74) is 7.21. The number of hydrogen-bond acceptors (Lipinski definition) is 6. The van der Waals surface area contributed by atoms with Crippen LogP contribution in [0.3, 0.4) is 0 Å². The van der Waals surface area contributed by atoms with Gasteiger partial charge in [-0.1, -0.05) is 18.2 Å². The second-order valence-electron chi connectivity index (χ2n) is 8.03. The molecule has 0 spiro atoms. The number of nitrogens with one attached hydrogen (secondary N) is 2. The molecule has 2 heterocycles. The quantitative estimate of drug-likeness (QED) is 0.502. The van der Waals surface area contributed by atoms with E-state index in [1.807, 2.05) is 6.07 Å². The summed E-state index contributed by atoms with van der Waals surface area (Å²) in [5, 5.41) is 16.3. The van der Waals surface area contributed by atoms with Crippen molar-refractivity contribution in [2.75, 3.05) is 25.5 Å². The zero-order valence-corrected chi connectivity index (χ0v) is 18.0. The van der Waals surface area contributed by atoms with Crippen LogP contribution in [0, 0.1) is 6.92 Å². The molecular formula is C23H26F3N5O. The summed E-state index contributed by atoms with van der Waals surface area (Å²) < 4.78 is 45.4. The molecule has 0 radical (unpaired) electrons. The molecule has 32 heavy (non-hydrogen) atoms. The number of ether oxygens (including phenoxy) is 1. The van der Waals surface area contributed by atoms with Crippen molar-refractivity contribution in [3.05, 3.63) is 58.7 Å². The van der Waals surface area contributed by atoms with Gasteiger partial charge in [-0.2, -0.15) is 13.2 Å². The second kappa shape index (κ2) is 8.91. The first-order valence-corrected chi connectivity index (χ1v) is 10.5. The van der Waals surface area contributed by atoms with Crippen LogP contribution in [0.25, 0.3) is 10.8 Å². The maximum Gasteiger partial charge on any atom is 0.416 e. The molecule has 3 aromatic rings. The van der Waals surface area contributed by atoms with Gasteiger partial charge in [0.1, 0.15) is 6.17 Å². The first kappa shape index (κ1) is 22.3. The van der Waals surface area contributed by atoms with Crippen molar-refractivity contribution in [3.63, 3.8) is 0 Å². The molecule has 9 heteroatoms. The predicted molar refractivity (Wildman–Crippen MR) is 118 cm³/mol. The first-order valence-electron chi connectivity index (χ1n) is 10.5. The normalized spacial score (nSPS) is 16.2. The third kappa shape index (κ3) is 4.35. The molecule has 4 rings (SSSR count). The van der Waals surface area contributed by atoms with E-state index in [0.29, 0.717) is 23.2 Å². The summed E-state index contributed by atoms with van der Waals surface area (Å²) in [6, 6.07) is 10.1. The number of methoxy groups -OCH3 is 1. The van der Waals surface area contributed by atoms with Crippen LogP contribution in [0.1, 0.15) is 47.2 Å². The zero-order chi connectivity index (χ0) is 22.9. The van der Waals surface area contributed by atoms with Gasteiger partial charge in [-0.05, 0) is 73.7 Å². The summed E-state index contributed by atoms with van der Waals surface area (Å²) in [5.74, 6) is 1.21. The van der Waals surface area contributed by atoms with E-state index in [9.17, 15) is 13.2 Å². The number of benzene rings is 2. The molecule has 1 atom stereocenters. The Morgan fingerprint density at radius 2 is 1.88 bits per heavy atom. The first-order chi connectivity index (χ1) is 15.3. The smallest absolute Gasteiger partial charge is 0.416 e. The maximum absolute atomic E-state index is 13.3. The van der Waals surface area contributed by atoms with Crippen LogP contribution in [0.15, 0.2) is 36.4 Å². The molecule has 0 bridgehead atoms. The fraction of sp³-hybridized carbons (Fsp3) is 0.391. The largest absolute Gasteiger partial charge is 0.479 e. The molecule has 1 fully saturated rings. The number of fused-ring (bicyclic) bond motifs is 1. The lowest BCUT2D eigenvalue weighted by molar-refractivity contribution is -0.138. The van der Waals surface area contributed by atoms with E-state index in [1.54, 1.807) is 6.07 Å². The Balaban J connectivity index is 1.72. The van der Waals surface area contributed by atoms with Crippen LogP contribution in [-0.4, -0.2) is 30.4 Å². The van der Waals surface area contributed by atoms with Crippen molar-refractivity contribution in [1.82, 2.24) is 15.5 Å². The van der Waals surface area contributed by atoms with E-state index in [-0.39, 0.29) is 5.56 Å². The van der Waals surface area contributed by atoms with Gasteiger partial charge in [-0.3, -0.25) is 0 Å². The van der Waals surface area contributed by atoms with Crippen molar-refractivity contribution in [2.24, 2.45) is 5.73 Å². The summed E-state index contributed by atoms with van der Waals surface area (Å²) >= 11 is 0. The SMILES string of the molecule is COc1nnc(N[C@H](N)c2cccc(C(F)(F)F)c2C)c2cc(C3CCNCC3)ccc12. The van der Waals surface area contributed by atoms with Gasteiger partial charge in [0.2, 0.25) is 5.88 Å². The fourth-order valence-corrected chi connectivity index (χ4v) is 4.34. The number of hydrogen-bond donors (Lipinski definition) is 3. The van der Waals surface area contributed by atoms with Gasteiger partial charge >= 0.3 is 6.18 Å². The lowest BCUT2D eigenvalue weighted by Gasteiger charge is -2.24. The average molecular weight is 445 g/mol. The van der Waals surface area contributed by atoms with Crippen molar-refractivity contribution in [3.8, 4) is 5.88 Å². The summed E-state index contributed by atoms with van der Waals surface area (Å²) in [4.78, 5) is 0. The van der Waals surface area contributed by atoms with Gasteiger partial charge in [0.25, 0.3) is 0 Å². The lowest BCUT2D eigenvalue weighted by Crippen LogP contribution is -2.26. The van der Waals surface area contributed by atoms with Gasteiger partial charge in [-0.25, -0.2) is 0 Å². The molecule has 0 aliphatic carbocycles. The number of alkyl halides is 3. The lowest BCUT2D eigenvalue weighted by atomic mass is 9.89. The Kier molecular flexibility index (Phi) is 6.21. The minimum absolute atomic E-state index is 0.0844. The minimum Gasteiger partial charge on any atom is -0.479 e. The van der Waals surface area contributed by atoms with Crippen LogP contribution < -0.4 is 21.1 Å². The zero-order valence-electron chi connectivity index (χ0n) is 18.0. The molecule has 1 saturated heterocycles. The van der Waals surface area contributed by atoms with E-state index in [1.165, 1.54) is 25.7 Å². The van der Waals surface area contributed by atoms with Gasteiger partial charge < -0.3 is 21.1 Å². The van der Waals surface area contributed by atoms with E-state index in [4.69, 9.17) is 10.5 Å². The van der Waals surface area contributed by atoms with Crippen LogP contribution in [-0.2, 0) is 6.18 Å². The Morgan fingerprint density at radius 3 is 2.56 bits per heavy atom. The highest BCUT2D eigenvalue weighted by atomic mass is 19.4. The van der Waals surface area contributed by atoms with Gasteiger partial charge in [0.15, 0.2) is 5.82 Å². The molecule has 170 valence electrons. The van der Waals surface area contributed by atoms with Crippen LogP contribution in [0.5, 0.6) is 5.88 Å². The fourth-order valence-electron chi connectivity index (χ4n) is 4.34. The highest BCUT2D eigenvalue weighted by Gasteiger charge is 2.33. The average Bonchev–Trinajstić information content (AvgIpc) is 2.79. The molecule has 1 aromatic heterocycles. The molecule has 2 aromatic carbocycles. The molecule has 1 aliphatic rings. The molecule has 4 N–H and O–H groups in total. The molecule has 0 amide bonds. The summed E-state index contributed by atoms with van der Waals surface area (Å²) in [6.07, 6.45) is -3.28. The maximum atomic E-state index is 13.3. The highest BCUT2D eigenvalue weighted by molar-refractivity contribution is 5.95. The number of rotatable bonds is 5. The van der Waals surface area contributed by atoms with Crippen molar-refractivity contribution >= 4 is 16.6 Å². The number of aromatic nitrogens is 2. The van der Waals surface area contributed by atoms with E-state index in [2.05, 4.69) is 33.0 Å². The Hall–Kier alpha value is -2.91. The van der Waals surface area contributed by atoms with Gasteiger partial charge in [0, 0.05) is 10.8 Å². The second-order valence-corrected chi connectivity index (χ2v) is 8.03. The van der Waals surface area contributed by atoms with Gasteiger partial charge in [0.05, 0.1) is 12.7 Å². The van der Waals surface area contributed by atoms with Crippen LogP contribution >= 0.6 is 0 Å². The Labute approximate surface area is 184 Å².